The van der Waals surface area contributed by atoms with Gasteiger partial charge in [-0.1, -0.05) is 17.3 Å². The van der Waals surface area contributed by atoms with Crippen LogP contribution in [0.15, 0.2) is 41.9 Å². The number of hydrogen-bond acceptors (Lipinski definition) is 5. The maximum atomic E-state index is 12.9. The van der Waals surface area contributed by atoms with Crippen molar-refractivity contribution in [2.45, 2.75) is 12.5 Å². The third-order valence-corrected chi connectivity index (χ3v) is 5.60. The molecule has 0 radical (unpaired) electrons. The Morgan fingerprint density at radius 1 is 1.23 bits per heavy atom. The minimum absolute atomic E-state index is 0.274. The third-order valence-electron chi connectivity index (χ3n) is 4.60. The monoisotopic (exact) mass is 368 g/mol. The van der Waals surface area contributed by atoms with Gasteiger partial charge in [-0.3, -0.25) is 4.79 Å². The van der Waals surface area contributed by atoms with Gasteiger partial charge in [0, 0.05) is 29.6 Å². The Bertz CT molecular complexity index is 976. The number of amides is 1. The van der Waals surface area contributed by atoms with E-state index in [2.05, 4.69) is 10.3 Å². The maximum Gasteiger partial charge on any atom is 0.331 e. The summed E-state index contributed by atoms with van der Waals surface area (Å²) in [5, 5.41) is 19.3. The number of benzene rings is 1. The molecule has 0 fully saturated rings. The van der Waals surface area contributed by atoms with Crippen LogP contribution in [0, 0.1) is 0 Å². The van der Waals surface area contributed by atoms with E-state index in [-0.39, 0.29) is 5.91 Å². The number of thiophene rings is 1. The van der Waals surface area contributed by atoms with E-state index in [1.165, 1.54) is 4.90 Å². The van der Waals surface area contributed by atoms with Crippen molar-refractivity contribution in [3.63, 3.8) is 0 Å². The molecular formula is C18H16N4O3S. The highest BCUT2D eigenvalue weighted by Crippen LogP contribution is 2.34. The molecule has 4 rings (SSSR count). The van der Waals surface area contributed by atoms with Gasteiger partial charge in [0.1, 0.15) is 0 Å². The highest BCUT2D eigenvalue weighted by atomic mass is 32.1. The number of aromatic nitrogens is 3. The van der Waals surface area contributed by atoms with Crippen LogP contribution in [0.3, 0.4) is 0 Å². The van der Waals surface area contributed by atoms with Crippen LogP contribution >= 0.6 is 11.3 Å². The van der Waals surface area contributed by atoms with Crippen molar-refractivity contribution < 1.29 is 14.7 Å². The lowest BCUT2D eigenvalue weighted by Gasteiger charge is -2.33. The molecule has 26 heavy (non-hydrogen) atoms. The molecule has 7 nitrogen and oxygen atoms in total. The van der Waals surface area contributed by atoms with Crippen molar-refractivity contribution in [3.8, 4) is 11.3 Å². The second-order valence-corrected chi connectivity index (χ2v) is 7.11. The number of fused-ring (bicyclic) bond motifs is 1. The molecule has 1 aliphatic heterocycles. The first-order valence-electron chi connectivity index (χ1n) is 8.11. The number of carbonyl (C=O) groups excluding carboxylic acids is 1. The number of carbonyl (C=O) groups is 2. The van der Waals surface area contributed by atoms with Crippen molar-refractivity contribution in [2.75, 3.05) is 6.54 Å². The Morgan fingerprint density at radius 2 is 2.00 bits per heavy atom. The quantitative estimate of drug-likeness (QED) is 0.767. The molecule has 1 aromatic carbocycles. The highest BCUT2D eigenvalue weighted by molar-refractivity contribution is 7.10. The minimum Gasteiger partial charge on any atom is -0.479 e. The molecule has 1 N–H and O–H groups in total. The van der Waals surface area contributed by atoms with E-state index in [0.29, 0.717) is 18.5 Å². The van der Waals surface area contributed by atoms with E-state index in [1.54, 1.807) is 47.5 Å². The number of hydrogen-bond donors (Lipinski definition) is 1. The van der Waals surface area contributed by atoms with Gasteiger partial charge in [-0.15, -0.1) is 16.4 Å². The summed E-state index contributed by atoms with van der Waals surface area (Å²) in [6, 6.07) is 7.94. The lowest BCUT2D eigenvalue weighted by molar-refractivity contribution is -0.142. The highest BCUT2D eigenvalue weighted by Gasteiger charge is 2.36. The first kappa shape index (κ1) is 16.5. The molecule has 1 amide bonds. The minimum atomic E-state index is -1.00. The molecule has 0 saturated carbocycles. The van der Waals surface area contributed by atoms with Gasteiger partial charge in [0.15, 0.2) is 6.04 Å². The van der Waals surface area contributed by atoms with E-state index in [1.807, 2.05) is 17.5 Å². The first-order chi connectivity index (χ1) is 12.6. The summed E-state index contributed by atoms with van der Waals surface area (Å²) < 4.78 is 1.65. The number of aliphatic carboxylic acids is 1. The SMILES string of the molecule is Cn1nncc1-c1ccc(C(=O)N2CCc3sccc3C2C(=O)O)cc1. The summed E-state index contributed by atoms with van der Waals surface area (Å²) in [5.74, 6) is -1.28. The fourth-order valence-corrected chi connectivity index (χ4v) is 4.21. The van der Waals surface area contributed by atoms with Gasteiger partial charge in [0.2, 0.25) is 0 Å². The largest absolute Gasteiger partial charge is 0.479 e. The first-order valence-corrected chi connectivity index (χ1v) is 8.99. The lowest BCUT2D eigenvalue weighted by Crippen LogP contribution is -2.43. The molecule has 0 saturated heterocycles. The Balaban J connectivity index is 1.63. The standard InChI is InChI=1S/C18H16N4O3S/c1-21-14(10-19-20-21)11-2-4-12(5-3-11)17(23)22-8-6-15-13(7-9-26-15)16(22)18(24)25/h2-5,7,9-10,16H,6,8H2,1H3,(H,24,25). The van der Waals surface area contributed by atoms with Crippen molar-refractivity contribution in [2.24, 2.45) is 7.05 Å². The summed E-state index contributed by atoms with van der Waals surface area (Å²) in [6.07, 6.45) is 2.33. The predicted molar refractivity (Wildman–Crippen MR) is 95.9 cm³/mol. The van der Waals surface area contributed by atoms with E-state index in [4.69, 9.17) is 0 Å². The summed E-state index contributed by atoms with van der Waals surface area (Å²) in [6.45, 7) is 0.400. The number of aryl methyl sites for hydroxylation is 1. The van der Waals surface area contributed by atoms with Gasteiger partial charge in [0.25, 0.3) is 5.91 Å². The summed E-state index contributed by atoms with van der Waals surface area (Å²) >= 11 is 1.54. The Hall–Kier alpha value is -3.00. The van der Waals surface area contributed by atoms with Gasteiger partial charge in [-0.05, 0) is 35.6 Å². The van der Waals surface area contributed by atoms with E-state index in [0.717, 1.165) is 21.7 Å². The molecule has 8 heteroatoms. The number of rotatable bonds is 3. The van der Waals surface area contributed by atoms with Crippen LogP contribution in [0.5, 0.6) is 0 Å². The van der Waals surface area contributed by atoms with Gasteiger partial charge >= 0.3 is 5.97 Å². The van der Waals surface area contributed by atoms with Crippen molar-refractivity contribution in [1.82, 2.24) is 19.9 Å². The van der Waals surface area contributed by atoms with Crippen LogP contribution in [0.4, 0.5) is 0 Å². The van der Waals surface area contributed by atoms with Crippen molar-refractivity contribution in [1.29, 1.82) is 0 Å². The van der Waals surface area contributed by atoms with E-state index in [9.17, 15) is 14.7 Å². The fourth-order valence-electron chi connectivity index (χ4n) is 3.30. The zero-order valence-corrected chi connectivity index (χ0v) is 14.8. The number of carboxylic acids is 1. The topological polar surface area (TPSA) is 88.3 Å². The fraction of sp³-hybridized carbons (Fsp3) is 0.222. The maximum absolute atomic E-state index is 12.9. The summed E-state index contributed by atoms with van der Waals surface area (Å²) in [7, 11) is 1.80. The average Bonchev–Trinajstić information content (AvgIpc) is 3.28. The van der Waals surface area contributed by atoms with Gasteiger partial charge in [-0.25, -0.2) is 9.48 Å². The molecule has 0 spiro atoms. The second kappa shape index (κ2) is 6.38. The molecule has 1 unspecified atom stereocenters. The average molecular weight is 368 g/mol. The third kappa shape index (κ3) is 2.68. The van der Waals surface area contributed by atoms with E-state index >= 15 is 0 Å². The second-order valence-electron chi connectivity index (χ2n) is 6.11. The molecule has 132 valence electrons. The molecular weight excluding hydrogens is 352 g/mol. The summed E-state index contributed by atoms with van der Waals surface area (Å²) in [5.41, 5.74) is 2.92. The Morgan fingerprint density at radius 3 is 2.65 bits per heavy atom. The number of carboxylic acid groups (broad SMARTS) is 1. The zero-order chi connectivity index (χ0) is 18.3. The molecule has 1 aliphatic rings. The van der Waals surface area contributed by atoms with Crippen LogP contribution in [-0.2, 0) is 18.3 Å². The Labute approximate surface area is 153 Å². The van der Waals surface area contributed by atoms with Gasteiger partial charge < -0.3 is 10.0 Å². The molecule has 0 bridgehead atoms. The lowest BCUT2D eigenvalue weighted by atomic mass is 9.98. The predicted octanol–water partition coefficient (Wildman–Crippen LogP) is 2.37. The van der Waals surface area contributed by atoms with Crippen LogP contribution in [0.1, 0.15) is 26.8 Å². The van der Waals surface area contributed by atoms with Gasteiger partial charge in [-0.2, -0.15) is 0 Å². The van der Waals surface area contributed by atoms with Crippen molar-refractivity contribution >= 4 is 23.2 Å². The molecule has 3 aromatic rings. The van der Waals surface area contributed by atoms with Crippen molar-refractivity contribution in [3.05, 3.63) is 57.9 Å². The molecule has 1 atom stereocenters. The zero-order valence-electron chi connectivity index (χ0n) is 14.0. The van der Waals surface area contributed by atoms with Crippen LogP contribution in [0.2, 0.25) is 0 Å². The number of nitrogens with zero attached hydrogens (tertiary/aromatic N) is 4. The van der Waals surface area contributed by atoms with Crippen LogP contribution in [0.25, 0.3) is 11.3 Å². The van der Waals surface area contributed by atoms with E-state index < -0.39 is 12.0 Å². The van der Waals surface area contributed by atoms with Crippen LogP contribution < -0.4 is 0 Å². The molecule has 0 aliphatic carbocycles. The smallest absolute Gasteiger partial charge is 0.331 e. The normalized spacial score (nSPS) is 16.3. The van der Waals surface area contributed by atoms with Crippen LogP contribution in [-0.4, -0.2) is 43.4 Å². The molecule has 2 aromatic heterocycles. The summed E-state index contributed by atoms with van der Waals surface area (Å²) in [4.78, 5) is 27.2. The molecule has 3 heterocycles. The van der Waals surface area contributed by atoms with Gasteiger partial charge in [0.05, 0.1) is 11.9 Å². The Kier molecular flexibility index (Phi) is 4.04.